The van der Waals surface area contributed by atoms with Gasteiger partial charge >= 0.3 is 5.97 Å². The molecule has 0 spiro atoms. The van der Waals surface area contributed by atoms with Crippen LogP contribution in [0.3, 0.4) is 0 Å². The van der Waals surface area contributed by atoms with Crippen molar-refractivity contribution in [2.24, 2.45) is 0 Å². The fourth-order valence-corrected chi connectivity index (χ4v) is 1.86. The summed E-state index contributed by atoms with van der Waals surface area (Å²) in [4.78, 5) is 10.0. The van der Waals surface area contributed by atoms with Crippen molar-refractivity contribution in [1.82, 2.24) is 0 Å². The first-order valence-corrected chi connectivity index (χ1v) is 7.96. The van der Waals surface area contributed by atoms with Gasteiger partial charge in [0.05, 0.1) is 11.5 Å². The summed E-state index contributed by atoms with van der Waals surface area (Å²) in [6, 6.07) is 5.99. The molecular weight excluding hydrogens is 348 g/mol. The minimum atomic E-state index is -4.02. The van der Waals surface area contributed by atoms with E-state index >= 15 is 0 Å². The number of rotatable bonds is 6. The Morgan fingerprint density at radius 1 is 1.04 bits per heavy atom. The molecule has 24 heavy (non-hydrogen) atoms. The lowest BCUT2D eigenvalue weighted by atomic mass is 10.0. The highest BCUT2D eigenvalue weighted by Gasteiger charge is 2.33. The number of aryl methyl sites for hydroxylation is 1. The topological polar surface area (TPSA) is 193 Å². The first-order valence-electron chi connectivity index (χ1n) is 6.52. The van der Waals surface area contributed by atoms with E-state index in [2.05, 4.69) is 0 Å². The number of hydrogen-bond donors (Lipinski definition) is 7. The number of carbonyl (C=O) groups is 1. The van der Waals surface area contributed by atoms with Gasteiger partial charge in [0.15, 0.2) is 6.10 Å². The van der Waals surface area contributed by atoms with Crippen LogP contribution in [0.1, 0.15) is 5.56 Å². The number of carboxylic acids is 1. The predicted molar refractivity (Wildman–Crippen MR) is 79.7 cm³/mol. The van der Waals surface area contributed by atoms with Gasteiger partial charge in [0.2, 0.25) is 0 Å². The molecule has 10 nitrogen and oxygen atoms in total. The molecule has 4 unspecified atom stereocenters. The minimum absolute atomic E-state index is 0.0666. The van der Waals surface area contributed by atoms with Gasteiger partial charge in [0.25, 0.3) is 10.1 Å². The summed E-state index contributed by atoms with van der Waals surface area (Å²) in [5.41, 5.74) is 0.956. The van der Waals surface area contributed by atoms with Gasteiger partial charge in [-0.05, 0) is 19.1 Å². The molecule has 138 valence electrons. The molecule has 0 aromatic heterocycles. The number of carboxylic acid groups (broad SMARTS) is 1. The number of aliphatic carboxylic acids is 1. The van der Waals surface area contributed by atoms with Crippen LogP contribution in [-0.4, -0.2) is 80.6 Å². The van der Waals surface area contributed by atoms with Crippen LogP contribution in [0.4, 0.5) is 0 Å². The Bertz CT molecular complexity index is 612. The van der Waals surface area contributed by atoms with E-state index in [9.17, 15) is 13.2 Å². The molecule has 1 aromatic carbocycles. The van der Waals surface area contributed by atoms with Crippen LogP contribution in [-0.2, 0) is 14.9 Å². The number of aliphatic hydroxyl groups is 5. The average Bonchev–Trinajstić information content (AvgIpc) is 2.51. The van der Waals surface area contributed by atoms with Crippen LogP contribution >= 0.6 is 0 Å². The highest BCUT2D eigenvalue weighted by atomic mass is 32.2. The minimum Gasteiger partial charge on any atom is -0.479 e. The Balaban J connectivity index is 0.000000446. The van der Waals surface area contributed by atoms with Crippen molar-refractivity contribution in [3.63, 3.8) is 0 Å². The third-order valence-electron chi connectivity index (χ3n) is 2.83. The van der Waals surface area contributed by atoms with Gasteiger partial charge in [-0.1, -0.05) is 17.7 Å². The van der Waals surface area contributed by atoms with Crippen molar-refractivity contribution >= 4 is 16.1 Å². The van der Waals surface area contributed by atoms with E-state index < -0.39 is 47.1 Å². The third-order valence-corrected chi connectivity index (χ3v) is 3.69. The Morgan fingerprint density at radius 2 is 1.50 bits per heavy atom. The molecule has 0 aliphatic heterocycles. The molecule has 0 aliphatic rings. The number of benzene rings is 1. The van der Waals surface area contributed by atoms with Crippen LogP contribution < -0.4 is 0 Å². The van der Waals surface area contributed by atoms with Crippen molar-refractivity contribution in [1.29, 1.82) is 0 Å². The summed E-state index contributed by atoms with van der Waals surface area (Å²) < 4.78 is 29.6. The Kier molecular flexibility index (Phi) is 8.99. The third kappa shape index (κ3) is 7.31. The molecule has 1 rings (SSSR count). The van der Waals surface area contributed by atoms with Crippen molar-refractivity contribution in [2.45, 2.75) is 36.2 Å². The molecule has 7 N–H and O–H groups in total. The van der Waals surface area contributed by atoms with Crippen molar-refractivity contribution in [2.75, 3.05) is 6.61 Å². The lowest BCUT2D eigenvalue weighted by Crippen LogP contribution is -2.48. The van der Waals surface area contributed by atoms with Gasteiger partial charge in [-0.15, -0.1) is 0 Å². The molecule has 1 aromatic rings. The van der Waals surface area contributed by atoms with E-state index in [4.69, 9.17) is 35.2 Å². The molecule has 0 amide bonds. The first-order chi connectivity index (χ1) is 10.9. The van der Waals surface area contributed by atoms with Crippen molar-refractivity contribution in [3.05, 3.63) is 29.8 Å². The van der Waals surface area contributed by atoms with Crippen LogP contribution in [0, 0.1) is 6.92 Å². The summed E-state index contributed by atoms with van der Waals surface area (Å²) in [5, 5.41) is 51.8. The zero-order chi connectivity index (χ0) is 19.1. The van der Waals surface area contributed by atoms with Gasteiger partial charge in [-0.25, -0.2) is 4.79 Å². The monoisotopic (exact) mass is 368 g/mol. The standard InChI is InChI=1S/C7H8O3S.C6H12O7/c1-6-2-4-7(5-3-6)11(8,9)10;7-1-2(8)3(9)4(10)5(11)6(12)13/h2-5H,1H3,(H,8,9,10);2-5,7-11H,1H2,(H,12,13). The van der Waals surface area contributed by atoms with Crippen LogP contribution in [0.2, 0.25) is 0 Å². The molecule has 0 heterocycles. The van der Waals surface area contributed by atoms with Gasteiger partial charge in [0.1, 0.15) is 18.3 Å². The van der Waals surface area contributed by atoms with Crippen LogP contribution in [0.5, 0.6) is 0 Å². The lowest BCUT2D eigenvalue weighted by molar-refractivity contribution is -0.164. The quantitative estimate of drug-likeness (QED) is 0.270. The second-order valence-electron chi connectivity index (χ2n) is 4.80. The maximum atomic E-state index is 10.5. The Hall–Kier alpha value is -1.60. The predicted octanol–water partition coefficient (Wildman–Crippen LogP) is -2.25. The molecule has 0 aliphatic carbocycles. The lowest BCUT2D eigenvalue weighted by Gasteiger charge is -2.23. The molecule has 0 fully saturated rings. The van der Waals surface area contributed by atoms with Crippen molar-refractivity contribution in [3.8, 4) is 0 Å². The average molecular weight is 368 g/mol. The molecule has 0 bridgehead atoms. The summed E-state index contributed by atoms with van der Waals surface area (Å²) in [5.74, 6) is -1.73. The Labute approximate surface area is 138 Å². The maximum absolute atomic E-state index is 10.5. The van der Waals surface area contributed by atoms with E-state index in [1.165, 1.54) is 12.1 Å². The largest absolute Gasteiger partial charge is 0.479 e. The fraction of sp³-hybridized carbons (Fsp3) is 0.462. The summed E-state index contributed by atoms with van der Waals surface area (Å²) >= 11 is 0. The molecule has 11 heteroatoms. The fourth-order valence-electron chi connectivity index (χ4n) is 1.38. The van der Waals surface area contributed by atoms with Gasteiger partial charge in [0, 0.05) is 0 Å². The van der Waals surface area contributed by atoms with E-state index in [1.807, 2.05) is 6.92 Å². The maximum Gasteiger partial charge on any atom is 0.335 e. The number of aliphatic hydroxyl groups excluding tert-OH is 5. The van der Waals surface area contributed by atoms with Crippen molar-refractivity contribution < 1.29 is 48.4 Å². The highest BCUT2D eigenvalue weighted by molar-refractivity contribution is 7.85. The number of hydrogen-bond acceptors (Lipinski definition) is 8. The van der Waals surface area contributed by atoms with Crippen LogP contribution in [0.15, 0.2) is 29.2 Å². The van der Waals surface area contributed by atoms with E-state index in [1.54, 1.807) is 12.1 Å². The van der Waals surface area contributed by atoms with Gasteiger partial charge in [-0.3, -0.25) is 4.55 Å². The molecule has 0 saturated heterocycles. The zero-order valence-electron chi connectivity index (χ0n) is 12.6. The van der Waals surface area contributed by atoms with E-state index in [0.29, 0.717) is 0 Å². The SMILES string of the molecule is Cc1ccc(S(=O)(=O)O)cc1.O=C(O)C(O)C(O)C(O)C(O)CO. The molecule has 4 atom stereocenters. The zero-order valence-corrected chi connectivity index (χ0v) is 13.4. The Morgan fingerprint density at radius 3 is 1.83 bits per heavy atom. The first kappa shape index (κ1) is 22.4. The van der Waals surface area contributed by atoms with E-state index in [-0.39, 0.29) is 4.90 Å². The van der Waals surface area contributed by atoms with E-state index in [0.717, 1.165) is 5.56 Å². The van der Waals surface area contributed by atoms with Crippen LogP contribution in [0.25, 0.3) is 0 Å². The molecule has 0 saturated carbocycles. The second-order valence-corrected chi connectivity index (χ2v) is 6.22. The van der Waals surface area contributed by atoms with Gasteiger partial charge < -0.3 is 30.6 Å². The highest BCUT2D eigenvalue weighted by Crippen LogP contribution is 2.08. The summed E-state index contributed by atoms with van der Waals surface area (Å²) in [6.07, 6.45) is -7.84. The smallest absolute Gasteiger partial charge is 0.335 e. The summed E-state index contributed by atoms with van der Waals surface area (Å²) in [6.45, 7) is 0.998. The second kappa shape index (κ2) is 9.64. The molecule has 0 radical (unpaired) electrons. The van der Waals surface area contributed by atoms with Gasteiger partial charge in [-0.2, -0.15) is 8.42 Å². The summed E-state index contributed by atoms with van der Waals surface area (Å²) in [7, 11) is -4.02. The molecular formula is C13H20O10S. The normalized spacial score (nSPS) is 16.3.